The first-order chi connectivity index (χ1) is 9.72. The fourth-order valence-corrected chi connectivity index (χ4v) is 3.14. The molecule has 1 saturated carbocycles. The number of thiazole rings is 1. The number of aromatic nitrogens is 3. The van der Waals surface area contributed by atoms with Gasteiger partial charge in [0.2, 0.25) is 0 Å². The fourth-order valence-electron chi connectivity index (χ4n) is 2.12. The van der Waals surface area contributed by atoms with Gasteiger partial charge in [0, 0.05) is 23.7 Å². The van der Waals surface area contributed by atoms with E-state index in [1.54, 1.807) is 23.9 Å². The molecular formula is C15H20N4S. The summed E-state index contributed by atoms with van der Waals surface area (Å²) >= 11 is 1.76. The van der Waals surface area contributed by atoms with E-state index in [2.05, 4.69) is 29.1 Å². The lowest BCUT2D eigenvalue weighted by Crippen LogP contribution is -2.15. The Morgan fingerprint density at radius 1 is 1.40 bits per heavy atom. The smallest absolute Gasteiger partial charge is 0.142 e. The second kappa shape index (κ2) is 5.97. The van der Waals surface area contributed by atoms with Crippen LogP contribution in [0, 0.1) is 5.92 Å². The van der Waals surface area contributed by atoms with Gasteiger partial charge in [-0.05, 0) is 31.2 Å². The van der Waals surface area contributed by atoms with Crippen LogP contribution in [0.25, 0.3) is 10.7 Å². The minimum absolute atomic E-state index is 0.620. The van der Waals surface area contributed by atoms with Crippen LogP contribution in [0.3, 0.4) is 0 Å². The van der Waals surface area contributed by atoms with E-state index in [4.69, 9.17) is 4.98 Å². The Morgan fingerprint density at radius 3 is 2.90 bits per heavy atom. The number of nitrogens with one attached hydrogen (secondary N) is 1. The monoisotopic (exact) mass is 288 g/mol. The molecule has 20 heavy (non-hydrogen) atoms. The topological polar surface area (TPSA) is 50.7 Å². The summed E-state index contributed by atoms with van der Waals surface area (Å²) in [5.41, 5.74) is 2.15. The minimum Gasteiger partial charge on any atom is -0.309 e. The molecule has 1 fully saturated rings. The summed E-state index contributed by atoms with van der Waals surface area (Å²) in [6, 6.07) is 2.65. The molecule has 4 nitrogen and oxygen atoms in total. The predicted molar refractivity (Wildman–Crippen MR) is 81.5 cm³/mol. The highest BCUT2D eigenvalue weighted by atomic mass is 32.1. The molecule has 0 aliphatic heterocycles. The van der Waals surface area contributed by atoms with E-state index in [-0.39, 0.29) is 0 Å². The van der Waals surface area contributed by atoms with Gasteiger partial charge in [0.15, 0.2) is 0 Å². The summed E-state index contributed by atoms with van der Waals surface area (Å²) in [5, 5.41) is 4.60. The van der Waals surface area contributed by atoms with Crippen molar-refractivity contribution in [1.82, 2.24) is 20.3 Å². The van der Waals surface area contributed by atoms with E-state index >= 15 is 0 Å². The van der Waals surface area contributed by atoms with Crippen molar-refractivity contribution in [2.24, 2.45) is 5.92 Å². The van der Waals surface area contributed by atoms with E-state index in [9.17, 15) is 0 Å². The lowest BCUT2D eigenvalue weighted by Gasteiger charge is -2.05. The highest BCUT2D eigenvalue weighted by Gasteiger charge is 2.22. The van der Waals surface area contributed by atoms with Crippen molar-refractivity contribution < 1.29 is 0 Å². The molecule has 0 spiro atoms. The minimum atomic E-state index is 0.620. The SMILES string of the molecule is CC(C)Cc1nc(-c2ccncn2)sc1CNC1CC1. The molecule has 3 rings (SSSR count). The van der Waals surface area contributed by atoms with Gasteiger partial charge in [0.25, 0.3) is 0 Å². The zero-order valence-electron chi connectivity index (χ0n) is 12.0. The normalized spacial score (nSPS) is 14.9. The lowest BCUT2D eigenvalue weighted by atomic mass is 10.1. The second-order valence-electron chi connectivity index (χ2n) is 5.74. The van der Waals surface area contributed by atoms with Crippen LogP contribution in [0.1, 0.15) is 37.3 Å². The Balaban J connectivity index is 1.83. The van der Waals surface area contributed by atoms with Crippen LogP contribution in [-0.4, -0.2) is 21.0 Å². The second-order valence-corrected chi connectivity index (χ2v) is 6.82. The van der Waals surface area contributed by atoms with E-state index in [0.29, 0.717) is 5.92 Å². The van der Waals surface area contributed by atoms with Gasteiger partial charge in [-0.15, -0.1) is 11.3 Å². The molecule has 1 aliphatic rings. The van der Waals surface area contributed by atoms with Crippen molar-refractivity contribution in [3.8, 4) is 10.7 Å². The van der Waals surface area contributed by atoms with E-state index in [1.165, 1.54) is 23.4 Å². The predicted octanol–water partition coefficient (Wildman–Crippen LogP) is 3.05. The quantitative estimate of drug-likeness (QED) is 0.887. The first kappa shape index (κ1) is 13.6. The summed E-state index contributed by atoms with van der Waals surface area (Å²) < 4.78 is 0. The molecule has 5 heteroatoms. The molecule has 2 heterocycles. The molecule has 2 aromatic heterocycles. The molecule has 0 amide bonds. The molecule has 0 aromatic carbocycles. The Morgan fingerprint density at radius 2 is 2.25 bits per heavy atom. The first-order valence-electron chi connectivity index (χ1n) is 7.20. The van der Waals surface area contributed by atoms with Crippen LogP contribution in [0.2, 0.25) is 0 Å². The van der Waals surface area contributed by atoms with E-state index < -0.39 is 0 Å². The van der Waals surface area contributed by atoms with Gasteiger partial charge in [-0.3, -0.25) is 0 Å². The van der Waals surface area contributed by atoms with Crippen molar-refractivity contribution in [2.75, 3.05) is 0 Å². The molecule has 1 aliphatic carbocycles. The number of hydrogen-bond donors (Lipinski definition) is 1. The molecule has 0 unspecified atom stereocenters. The Kier molecular flexibility index (Phi) is 4.08. The van der Waals surface area contributed by atoms with Gasteiger partial charge in [0.05, 0.1) is 5.69 Å². The zero-order chi connectivity index (χ0) is 13.9. The summed E-state index contributed by atoms with van der Waals surface area (Å²) in [6.07, 6.45) is 7.02. The number of nitrogens with zero attached hydrogens (tertiary/aromatic N) is 3. The molecule has 0 saturated heterocycles. The maximum Gasteiger partial charge on any atom is 0.142 e. The molecule has 0 atom stereocenters. The summed E-state index contributed by atoms with van der Waals surface area (Å²) in [7, 11) is 0. The Bertz CT molecular complexity index is 561. The van der Waals surface area contributed by atoms with Crippen LogP contribution in [0.5, 0.6) is 0 Å². The van der Waals surface area contributed by atoms with Crippen LogP contribution in [-0.2, 0) is 13.0 Å². The standard InChI is InChI=1S/C15H20N4S/c1-10(2)7-13-14(8-17-11-3-4-11)20-15(19-13)12-5-6-16-9-18-12/h5-6,9-11,17H,3-4,7-8H2,1-2H3. The maximum atomic E-state index is 4.81. The van der Waals surface area contributed by atoms with Gasteiger partial charge < -0.3 is 5.32 Å². The molecule has 0 bridgehead atoms. The fraction of sp³-hybridized carbons (Fsp3) is 0.533. The van der Waals surface area contributed by atoms with Gasteiger partial charge in [-0.1, -0.05) is 13.8 Å². The van der Waals surface area contributed by atoms with Crippen LogP contribution in [0.15, 0.2) is 18.6 Å². The Labute approximate surface area is 123 Å². The zero-order valence-corrected chi connectivity index (χ0v) is 12.8. The highest BCUT2D eigenvalue weighted by Crippen LogP contribution is 2.29. The lowest BCUT2D eigenvalue weighted by molar-refractivity contribution is 0.624. The van der Waals surface area contributed by atoms with Gasteiger partial charge >= 0.3 is 0 Å². The Hall–Kier alpha value is -1.33. The van der Waals surface area contributed by atoms with Crippen molar-refractivity contribution in [3.63, 3.8) is 0 Å². The summed E-state index contributed by atoms with van der Waals surface area (Å²) in [6.45, 7) is 5.42. The van der Waals surface area contributed by atoms with Crippen LogP contribution < -0.4 is 5.32 Å². The third-order valence-corrected chi connectivity index (χ3v) is 4.43. The van der Waals surface area contributed by atoms with Crippen LogP contribution >= 0.6 is 11.3 Å². The van der Waals surface area contributed by atoms with Crippen molar-refractivity contribution in [2.45, 2.75) is 45.7 Å². The van der Waals surface area contributed by atoms with Gasteiger partial charge in [0.1, 0.15) is 17.0 Å². The van der Waals surface area contributed by atoms with Crippen molar-refractivity contribution in [3.05, 3.63) is 29.2 Å². The molecule has 106 valence electrons. The maximum absolute atomic E-state index is 4.81. The summed E-state index contributed by atoms with van der Waals surface area (Å²) in [5.74, 6) is 0.620. The van der Waals surface area contributed by atoms with E-state index in [0.717, 1.165) is 29.7 Å². The average molecular weight is 288 g/mol. The summed E-state index contributed by atoms with van der Waals surface area (Å²) in [4.78, 5) is 14.4. The van der Waals surface area contributed by atoms with Crippen molar-refractivity contribution in [1.29, 1.82) is 0 Å². The van der Waals surface area contributed by atoms with Gasteiger partial charge in [-0.2, -0.15) is 0 Å². The van der Waals surface area contributed by atoms with E-state index in [1.807, 2.05) is 6.07 Å². The molecular weight excluding hydrogens is 268 g/mol. The average Bonchev–Trinajstić information content (AvgIpc) is 3.19. The number of rotatable bonds is 6. The van der Waals surface area contributed by atoms with Crippen LogP contribution in [0.4, 0.5) is 0 Å². The number of hydrogen-bond acceptors (Lipinski definition) is 5. The molecule has 2 aromatic rings. The van der Waals surface area contributed by atoms with Crippen molar-refractivity contribution >= 4 is 11.3 Å². The highest BCUT2D eigenvalue weighted by molar-refractivity contribution is 7.15. The first-order valence-corrected chi connectivity index (χ1v) is 8.02. The third-order valence-electron chi connectivity index (χ3n) is 3.31. The van der Waals surface area contributed by atoms with Gasteiger partial charge in [-0.25, -0.2) is 15.0 Å². The largest absolute Gasteiger partial charge is 0.309 e. The molecule has 0 radical (unpaired) electrons. The molecule has 1 N–H and O–H groups in total. The third kappa shape index (κ3) is 3.41.